The van der Waals surface area contributed by atoms with Crippen LogP contribution in [0.2, 0.25) is 0 Å². The Balaban J connectivity index is 2.13. The summed E-state index contributed by atoms with van der Waals surface area (Å²) in [6, 6.07) is 8.73. The van der Waals surface area contributed by atoms with Gasteiger partial charge in [0.1, 0.15) is 4.99 Å². The molecule has 98 valence electrons. The highest BCUT2D eigenvalue weighted by molar-refractivity contribution is 7.80. The Bertz CT molecular complexity index is 433. The molecule has 1 fully saturated rings. The smallest absolute Gasteiger partial charge is 0.106 e. The lowest BCUT2D eigenvalue weighted by atomic mass is 10.1. The fraction of sp³-hybridized carbons (Fsp3) is 0.500. The number of rotatable bonds is 4. The molecule has 0 radical (unpaired) electrons. The third-order valence-corrected chi connectivity index (χ3v) is 3.96. The summed E-state index contributed by atoms with van der Waals surface area (Å²) >= 11 is 5.12. The van der Waals surface area contributed by atoms with E-state index in [2.05, 4.69) is 30.0 Å². The van der Waals surface area contributed by atoms with Crippen LogP contribution in [-0.2, 0) is 0 Å². The number of para-hydroxylation sites is 1. The predicted molar refractivity (Wildman–Crippen MR) is 81.3 cm³/mol. The van der Waals surface area contributed by atoms with E-state index >= 15 is 0 Å². The highest BCUT2D eigenvalue weighted by Gasteiger charge is 2.22. The van der Waals surface area contributed by atoms with Gasteiger partial charge in [-0.2, -0.15) is 0 Å². The fourth-order valence-corrected chi connectivity index (χ4v) is 2.81. The second-order valence-corrected chi connectivity index (χ2v) is 5.48. The Kier molecular flexibility index (Phi) is 4.19. The highest BCUT2D eigenvalue weighted by atomic mass is 32.1. The van der Waals surface area contributed by atoms with Crippen LogP contribution in [0.5, 0.6) is 0 Å². The zero-order valence-corrected chi connectivity index (χ0v) is 11.9. The van der Waals surface area contributed by atoms with Crippen molar-refractivity contribution >= 4 is 22.9 Å². The van der Waals surface area contributed by atoms with Crippen LogP contribution in [0.4, 0.5) is 5.69 Å². The van der Waals surface area contributed by atoms with Gasteiger partial charge in [0.15, 0.2) is 0 Å². The molecule has 1 atom stereocenters. The number of thiocarbonyl (C=S) groups is 1. The maximum absolute atomic E-state index is 5.78. The summed E-state index contributed by atoms with van der Waals surface area (Å²) in [6.07, 6.45) is 2.57. The topological polar surface area (TPSA) is 32.5 Å². The first kappa shape index (κ1) is 13.3. The summed E-state index contributed by atoms with van der Waals surface area (Å²) < 4.78 is 0. The van der Waals surface area contributed by atoms with Crippen LogP contribution in [0.3, 0.4) is 0 Å². The molecule has 1 unspecified atom stereocenters. The van der Waals surface area contributed by atoms with Crippen molar-refractivity contribution < 1.29 is 0 Å². The van der Waals surface area contributed by atoms with Gasteiger partial charge in [0.05, 0.1) is 0 Å². The van der Waals surface area contributed by atoms with Crippen molar-refractivity contribution in [3.63, 3.8) is 0 Å². The summed E-state index contributed by atoms with van der Waals surface area (Å²) in [5, 5.41) is 0. The Morgan fingerprint density at radius 1 is 1.50 bits per heavy atom. The second-order valence-electron chi connectivity index (χ2n) is 5.04. The zero-order chi connectivity index (χ0) is 13.1. The number of hydrogen-bond acceptors (Lipinski definition) is 3. The van der Waals surface area contributed by atoms with Crippen LogP contribution in [-0.4, -0.2) is 43.1 Å². The molecular weight excluding hydrogens is 242 g/mol. The Morgan fingerprint density at radius 2 is 2.22 bits per heavy atom. The highest BCUT2D eigenvalue weighted by Crippen LogP contribution is 2.22. The van der Waals surface area contributed by atoms with Gasteiger partial charge >= 0.3 is 0 Å². The van der Waals surface area contributed by atoms with Crippen LogP contribution in [0.15, 0.2) is 24.3 Å². The lowest BCUT2D eigenvalue weighted by molar-refractivity contribution is 0.314. The van der Waals surface area contributed by atoms with Crippen molar-refractivity contribution in [2.45, 2.75) is 18.9 Å². The van der Waals surface area contributed by atoms with E-state index in [4.69, 9.17) is 18.0 Å². The van der Waals surface area contributed by atoms with Crippen LogP contribution < -0.4 is 10.6 Å². The number of hydrogen-bond donors (Lipinski definition) is 1. The number of nitrogens with zero attached hydrogens (tertiary/aromatic N) is 2. The minimum Gasteiger partial charge on any atom is -0.389 e. The molecule has 18 heavy (non-hydrogen) atoms. The molecule has 1 saturated heterocycles. The van der Waals surface area contributed by atoms with Crippen LogP contribution in [0.25, 0.3) is 0 Å². The van der Waals surface area contributed by atoms with Crippen LogP contribution in [0.1, 0.15) is 18.4 Å². The van der Waals surface area contributed by atoms with E-state index in [1.54, 1.807) is 0 Å². The number of nitrogens with two attached hydrogens (primary N) is 1. The van der Waals surface area contributed by atoms with Crippen molar-refractivity contribution in [2.75, 3.05) is 32.1 Å². The maximum Gasteiger partial charge on any atom is 0.106 e. The van der Waals surface area contributed by atoms with Gasteiger partial charge < -0.3 is 15.5 Å². The molecule has 1 aromatic rings. The molecule has 2 N–H and O–H groups in total. The molecule has 0 spiro atoms. The molecule has 1 aliphatic rings. The maximum atomic E-state index is 5.78. The third kappa shape index (κ3) is 2.82. The normalized spacial score (nSPS) is 20.0. The minimum atomic E-state index is 0.470. The summed E-state index contributed by atoms with van der Waals surface area (Å²) in [5.41, 5.74) is 7.88. The zero-order valence-electron chi connectivity index (χ0n) is 11.1. The van der Waals surface area contributed by atoms with E-state index in [0.29, 0.717) is 11.0 Å². The lowest BCUT2D eigenvalue weighted by Crippen LogP contribution is -2.37. The molecule has 0 aliphatic carbocycles. The first-order valence-electron chi connectivity index (χ1n) is 6.40. The molecule has 2 rings (SSSR count). The van der Waals surface area contributed by atoms with E-state index in [9.17, 15) is 0 Å². The van der Waals surface area contributed by atoms with Crippen molar-refractivity contribution in [1.29, 1.82) is 0 Å². The molecule has 1 aliphatic heterocycles. The number of anilines is 1. The minimum absolute atomic E-state index is 0.470. The van der Waals surface area contributed by atoms with E-state index in [-0.39, 0.29) is 0 Å². The fourth-order valence-electron chi connectivity index (χ4n) is 2.64. The molecule has 4 heteroatoms. The molecule has 0 bridgehead atoms. The van der Waals surface area contributed by atoms with E-state index in [0.717, 1.165) is 17.8 Å². The van der Waals surface area contributed by atoms with Gasteiger partial charge in [-0.3, -0.25) is 0 Å². The van der Waals surface area contributed by atoms with Gasteiger partial charge in [-0.15, -0.1) is 0 Å². The molecule has 0 amide bonds. The Hall–Kier alpha value is -1.13. The van der Waals surface area contributed by atoms with Gasteiger partial charge in [-0.1, -0.05) is 24.4 Å². The number of benzene rings is 1. The van der Waals surface area contributed by atoms with Crippen molar-refractivity contribution in [3.8, 4) is 0 Å². The quantitative estimate of drug-likeness (QED) is 0.840. The summed E-state index contributed by atoms with van der Waals surface area (Å²) in [4.78, 5) is 5.16. The monoisotopic (exact) mass is 263 g/mol. The third-order valence-electron chi connectivity index (χ3n) is 3.74. The molecule has 3 nitrogen and oxygen atoms in total. The second kappa shape index (κ2) is 5.67. The number of likely N-dealkylation sites (N-methyl/N-ethyl adjacent to an activating group) is 2. The van der Waals surface area contributed by atoms with Crippen molar-refractivity contribution in [2.24, 2.45) is 5.73 Å². The molecule has 1 heterocycles. The first-order chi connectivity index (χ1) is 8.59. The summed E-state index contributed by atoms with van der Waals surface area (Å²) in [7, 11) is 4.31. The average molecular weight is 263 g/mol. The largest absolute Gasteiger partial charge is 0.389 e. The summed E-state index contributed by atoms with van der Waals surface area (Å²) in [6.45, 7) is 2.23. The van der Waals surface area contributed by atoms with E-state index in [1.165, 1.54) is 19.4 Å². The van der Waals surface area contributed by atoms with Gasteiger partial charge in [-0.05, 0) is 38.6 Å². The Labute approximate surface area is 115 Å². The standard InChI is InChI=1S/C14H21N3S/c1-16-9-5-6-11(16)10-17(2)13-8-4-3-7-12(13)14(15)18/h3-4,7-8,11H,5-6,9-10H2,1-2H3,(H2,15,18). The van der Waals surface area contributed by atoms with Crippen LogP contribution >= 0.6 is 12.2 Å². The first-order valence-corrected chi connectivity index (χ1v) is 6.80. The Morgan fingerprint density at radius 3 is 2.83 bits per heavy atom. The molecular formula is C14H21N3S. The van der Waals surface area contributed by atoms with Crippen LogP contribution in [0, 0.1) is 0 Å². The van der Waals surface area contributed by atoms with Crippen molar-refractivity contribution in [3.05, 3.63) is 29.8 Å². The van der Waals surface area contributed by atoms with Gasteiger partial charge in [0, 0.05) is 30.9 Å². The van der Waals surface area contributed by atoms with Gasteiger partial charge in [0.2, 0.25) is 0 Å². The SMILES string of the molecule is CN(CC1CCCN1C)c1ccccc1C(N)=S. The molecule has 0 saturated carbocycles. The molecule has 0 aromatic heterocycles. The van der Waals surface area contributed by atoms with Gasteiger partial charge in [-0.25, -0.2) is 0 Å². The predicted octanol–water partition coefficient (Wildman–Crippen LogP) is 1.85. The van der Waals surface area contributed by atoms with E-state index < -0.39 is 0 Å². The summed E-state index contributed by atoms with van der Waals surface area (Å²) in [5.74, 6) is 0. The number of likely N-dealkylation sites (tertiary alicyclic amines) is 1. The van der Waals surface area contributed by atoms with E-state index in [1.807, 2.05) is 18.2 Å². The average Bonchev–Trinajstić information content (AvgIpc) is 2.75. The lowest BCUT2D eigenvalue weighted by Gasteiger charge is -2.28. The van der Waals surface area contributed by atoms with Crippen molar-refractivity contribution in [1.82, 2.24) is 4.90 Å². The molecule has 1 aromatic carbocycles. The van der Waals surface area contributed by atoms with Gasteiger partial charge in [0.25, 0.3) is 0 Å².